The highest BCUT2D eigenvalue weighted by molar-refractivity contribution is 5.22. The highest BCUT2D eigenvalue weighted by Gasteiger charge is 2.53. The van der Waals surface area contributed by atoms with Crippen molar-refractivity contribution in [1.82, 2.24) is 0 Å². The Labute approximate surface area is 79.3 Å². The van der Waals surface area contributed by atoms with Crippen molar-refractivity contribution < 1.29 is 10.2 Å². The first-order chi connectivity index (χ1) is 5.94. The smallest absolute Gasteiger partial charge is 0.0879 e. The lowest BCUT2D eigenvalue weighted by molar-refractivity contribution is -0.0530. The molecule has 0 saturated heterocycles. The standard InChI is InChI=1S/C11H18O2/c1-6-4-9-10(12)8(6)5-7(2)11(9,3)13/h6,8-10,12-13H,2,4-5H2,1,3H3/t6-,8+,9-,10+,11-/m0/s1. The molecule has 2 aliphatic rings. The van der Waals surface area contributed by atoms with Gasteiger partial charge in [-0.3, -0.25) is 0 Å². The van der Waals surface area contributed by atoms with Gasteiger partial charge in [-0.15, -0.1) is 0 Å². The van der Waals surface area contributed by atoms with Crippen LogP contribution < -0.4 is 0 Å². The summed E-state index contributed by atoms with van der Waals surface area (Å²) >= 11 is 0. The highest BCUT2D eigenvalue weighted by atomic mass is 16.3. The Morgan fingerprint density at radius 1 is 1.54 bits per heavy atom. The van der Waals surface area contributed by atoms with E-state index in [1.165, 1.54) is 0 Å². The topological polar surface area (TPSA) is 40.5 Å². The molecule has 0 aromatic heterocycles. The van der Waals surface area contributed by atoms with E-state index in [1.807, 2.05) is 0 Å². The molecule has 2 fully saturated rings. The molecule has 0 spiro atoms. The van der Waals surface area contributed by atoms with E-state index >= 15 is 0 Å². The fourth-order valence-corrected chi connectivity index (χ4v) is 2.99. The molecular weight excluding hydrogens is 164 g/mol. The predicted molar refractivity (Wildman–Crippen MR) is 51.1 cm³/mol. The second-order valence-corrected chi connectivity index (χ2v) is 4.93. The Morgan fingerprint density at radius 3 is 2.77 bits per heavy atom. The van der Waals surface area contributed by atoms with Crippen LogP contribution in [0.4, 0.5) is 0 Å². The summed E-state index contributed by atoms with van der Waals surface area (Å²) in [6.45, 7) is 7.86. The normalized spacial score (nSPS) is 55.5. The van der Waals surface area contributed by atoms with Crippen LogP contribution in [0.25, 0.3) is 0 Å². The third kappa shape index (κ3) is 1.09. The van der Waals surface area contributed by atoms with E-state index in [9.17, 15) is 10.2 Å². The van der Waals surface area contributed by atoms with Crippen molar-refractivity contribution in [3.8, 4) is 0 Å². The molecule has 0 radical (unpaired) electrons. The molecule has 2 bridgehead atoms. The van der Waals surface area contributed by atoms with Gasteiger partial charge in [0.15, 0.2) is 0 Å². The molecule has 2 saturated carbocycles. The monoisotopic (exact) mass is 182 g/mol. The van der Waals surface area contributed by atoms with Crippen LogP contribution in [0.2, 0.25) is 0 Å². The summed E-state index contributed by atoms with van der Waals surface area (Å²) in [6, 6.07) is 0. The van der Waals surface area contributed by atoms with Gasteiger partial charge in [-0.2, -0.15) is 0 Å². The van der Waals surface area contributed by atoms with Gasteiger partial charge in [0, 0.05) is 5.92 Å². The van der Waals surface area contributed by atoms with Crippen LogP contribution in [0.15, 0.2) is 12.2 Å². The first-order valence-corrected chi connectivity index (χ1v) is 5.03. The molecule has 2 rings (SSSR count). The zero-order chi connectivity index (χ0) is 9.80. The maximum atomic E-state index is 10.2. The van der Waals surface area contributed by atoms with Gasteiger partial charge in [0.05, 0.1) is 11.7 Å². The third-order valence-corrected chi connectivity index (χ3v) is 4.13. The van der Waals surface area contributed by atoms with Crippen molar-refractivity contribution in [3.63, 3.8) is 0 Å². The van der Waals surface area contributed by atoms with Gasteiger partial charge in [-0.05, 0) is 37.2 Å². The van der Waals surface area contributed by atoms with E-state index in [-0.39, 0.29) is 12.0 Å². The maximum Gasteiger partial charge on any atom is 0.0879 e. The lowest BCUT2D eigenvalue weighted by atomic mass is 9.72. The zero-order valence-electron chi connectivity index (χ0n) is 8.33. The minimum Gasteiger partial charge on any atom is -0.392 e. The van der Waals surface area contributed by atoms with Gasteiger partial charge in [0.25, 0.3) is 0 Å². The van der Waals surface area contributed by atoms with Crippen LogP contribution in [0, 0.1) is 17.8 Å². The van der Waals surface area contributed by atoms with Gasteiger partial charge in [-0.1, -0.05) is 13.5 Å². The molecule has 0 unspecified atom stereocenters. The number of hydrogen-bond acceptors (Lipinski definition) is 2. The van der Waals surface area contributed by atoms with Gasteiger partial charge in [-0.25, -0.2) is 0 Å². The SMILES string of the molecule is C=C1C[C@H]2[C@@H](O)[C@H](C[C@@H]2C)[C@@]1(C)O. The summed E-state index contributed by atoms with van der Waals surface area (Å²) in [5.74, 6) is 0.859. The maximum absolute atomic E-state index is 10.2. The van der Waals surface area contributed by atoms with E-state index in [4.69, 9.17) is 0 Å². The average molecular weight is 182 g/mol. The number of fused-ring (bicyclic) bond motifs is 2. The Bertz CT molecular complexity index is 244. The molecule has 0 amide bonds. The Kier molecular flexibility index (Phi) is 1.83. The van der Waals surface area contributed by atoms with Crippen LogP contribution in [0.5, 0.6) is 0 Å². The van der Waals surface area contributed by atoms with Gasteiger partial charge >= 0.3 is 0 Å². The van der Waals surface area contributed by atoms with Crippen molar-refractivity contribution in [1.29, 1.82) is 0 Å². The minimum atomic E-state index is -0.847. The molecule has 0 aliphatic heterocycles. The van der Waals surface area contributed by atoms with Crippen molar-refractivity contribution in [2.24, 2.45) is 17.8 Å². The molecular formula is C11H18O2. The number of aliphatic hydroxyl groups excluding tert-OH is 1. The Morgan fingerprint density at radius 2 is 2.15 bits per heavy atom. The second kappa shape index (κ2) is 2.58. The zero-order valence-corrected chi connectivity index (χ0v) is 8.33. The largest absolute Gasteiger partial charge is 0.392 e. The van der Waals surface area contributed by atoms with Crippen LogP contribution in [0.1, 0.15) is 26.7 Å². The molecule has 2 heteroatoms. The van der Waals surface area contributed by atoms with Crippen molar-refractivity contribution in [3.05, 3.63) is 12.2 Å². The molecule has 2 nitrogen and oxygen atoms in total. The van der Waals surface area contributed by atoms with Gasteiger partial charge in [0.1, 0.15) is 0 Å². The molecule has 74 valence electrons. The van der Waals surface area contributed by atoms with Crippen molar-refractivity contribution >= 4 is 0 Å². The first kappa shape index (κ1) is 9.22. The van der Waals surface area contributed by atoms with E-state index in [0.29, 0.717) is 11.8 Å². The summed E-state index contributed by atoms with van der Waals surface area (Å²) in [4.78, 5) is 0. The summed E-state index contributed by atoms with van der Waals surface area (Å²) in [6.07, 6.45) is 1.39. The third-order valence-electron chi connectivity index (χ3n) is 4.13. The molecule has 2 N–H and O–H groups in total. The number of hydrogen-bond donors (Lipinski definition) is 2. The average Bonchev–Trinajstić information content (AvgIpc) is 2.26. The predicted octanol–water partition coefficient (Wildman–Crippen LogP) is 1.33. The van der Waals surface area contributed by atoms with E-state index < -0.39 is 5.60 Å². The fraction of sp³-hybridized carbons (Fsp3) is 0.818. The Hall–Kier alpha value is -0.340. The van der Waals surface area contributed by atoms with Crippen LogP contribution in [0.3, 0.4) is 0 Å². The summed E-state index contributed by atoms with van der Waals surface area (Å²) in [7, 11) is 0. The van der Waals surface area contributed by atoms with Gasteiger partial charge in [0.2, 0.25) is 0 Å². The molecule has 0 aromatic carbocycles. The molecule has 13 heavy (non-hydrogen) atoms. The van der Waals surface area contributed by atoms with E-state index in [2.05, 4.69) is 13.5 Å². The quantitative estimate of drug-likeness (QED) is 0.555. The second-order valence-electron chi connectivity index (χ2n) is 4.93. The van der Waals surface area contributed by atoms with Crippen LogP contribution in [-0.2, 0) is 0 Å². The highest BCUT2D eigenvalue weighted by Crippen LogP contribution is 2.52. The van der Waals surface area contributed by atoms with E-state index in [1.54, 1.807) is 6.92 Å². The summed E-state index contributed by atoms with van der Waals surface area (Å²) in [5, 5.41) is 20.1. The lowest BCUT2D eigenvalue weighted by Gasteiger charge is -2.40. The van der Waals surface area contributed by atoms with Crippen molar-refractivity contribution in [2.45, 2.75) is 38.4 Å². The van der Waals surface area contributed by atoms with Crippen LogP contribution in [-0.4, -0.2) is 21.9 Å². The lowest BCUT2D eigenvalue weighted by Crippen LogP contribution is -2.46. The number of rotatable bonds is 0. The Balaban J connectivity index is 2.34. The van der Waals surface area contributed by atoms with E-state index in [0.717, 1.165) is 18.4 Å². The molecule has 0 aromatic rings. The molecule has 5 atom stereocenters. The minimum absolute atomic E-state index is 0.00810. The summed E-state index contributed by atoms with van der Waals surface area (Å²) in [5.41, 5.74) is 0.0536. The molecule has 0 heterocycles. The fourth-order valence-electron chi connectivity index (χ4n) is 2.99. The van der Waals surface area contributed by atoms with Gasteiger partial charge < -0.3 is 10.2 Å². The van der Waals surface area contributed by atoms with Crippen molar-refractivity contribution in [2.75, 3.05) is 0 Å². The summed E-state index contributed by atoms with van der Waals surface area (Å²) < 4.78 is 0. The van der Waals surface area contributed by atoms with Crippen LogP contribution >= 0.6 is 0 Å². The number of aliphatic hydroxyl groups is 2. The molecule has 2 aliphatic carbocycles. The first-order valence-electron chi connectivity index (χ1n) is 5.03.